The van der Waals surface area contributed by atoms with Crippen molar-refractivity contribution in [1.82, 2.24) is 4.90 Å². The first-order valence-electron chi connectivity index (χ1n) is 7.66. The minimum atomic E-state index is -4.74. The number of aryl methyl sites for hydroxylation is 1. The van der Waals surface area contributed by atoms with Crippen LogP contribution in [-0.2, 0) is 17.8 Å². The van der Waals surface area contributed by atoms with Gasteiger partial charge in [-0.15, -0.1) is 13.2 Å². The number of hydrogen-bond acceptors (Lipinski definition) is 3. The Labute approximate surface area is 144 Å². The third-order valence-corrected chi connectivity index (χ3v) is 3.64. The molecule has 134 valence electrons. The average molecular weight is 352 g/mol. The summed E-state index contributed by atoms with van der Waals surface area (Å²) in [7, 11) is 1.61. The number of para-hydroxylation sites is 1. The predicted molar refractivity (Wildman–Crippen MR) is 88.8 cm³/mol. The number of carbonyl (C=O) groups is 1. The van der Waals surface area contributed by atoms with Gasteiger partial charge in [0.25, 0.3) is 0 Å². The molecular formula is C18H19F3N2O2. The second-order valence-electron chi connectivity index (χ2n) is 5.64. The number of halogens is 3. The topological polar surface area (TPSA) is 55.6 Å². The number of ether oxygens (including phenoxy) is 1. The Hall–Kier alpha value is -2.70. The first-order valence-corrected chi connectivity index (χ1v) is 7.66. The van der Waals surface area contributed by atoms with E-state index < -0.39 is 6.36 Å². The van der Waals surface area contributed by atoms with Gasteiger partial charge in [0.1, 0.15) is 5.75 Å². The second kappa shape index (κ2) is 7.92. The maximum absolute atomic E-state index is 12.3. The van der Waals surface area contributed by atoms with Crippen LogP contribution < -0.4 is 10.5 Å². The number of nitrogen functional groups attached to an aromatic ring is 1. The van der Waals surface area contributed by atoms with Crippen LogP contribution in [0.2, 0.25) is 0 Å². The van der Waals surface area contributed by atoms with Gasteiger partial charge in [0.05, 0.1) is 0 Å². The Bertz CT molecular complexity index is 732. The van der Waals surface area contributed by atoms with Crippen molar-refractivity contribution in [3.63, 3.8) is 0 Å². The quantitative estimate of drug-likeness (QED) is 0.806. The van der Waals surface area contributed by atoms with Crippen LogP contribution in [0.25, 0.3) is 0 Å². The van der Waals surface area contributed by atoms with Crippen LogP contribution in [0.5, 0.6) is 5.75 Å². The lowest BCUT2D eigenvalue weighted by atomic mass is 10.1. The molecule has 25 heavy (non-hydrogen) atoms. The van der Waals surface area contributed by atoms with E-state index in [1.165, 1.54) is 23.1 Å². The highest BCUT2D eigenvalue weighted by molar-refractivity contribution is 5.76. The molecule has 0 fully saturated rings. The molecule has 0 aliphatic carbocycles. The van der Waals surface area contributed by atoms with Gasteiger partial charge in [-0.05, 0) is 35.7 Å². The monoisotopic (exact) mass is 352 g/mol. The first kappa shape index (κ1) is 18.6. The van der Waals surface area contributed by atoms with Crippen LogP contribution in [0.3, 0.4) is 0 Å². The number of anilines is 1. The molecule has 4 nitrogen and oxygen atoms in total. The SMILES string of the molecule is CN(Cc1cccc(OC(F)(F)F)c1)C(=O)CCc1ccccc1N. The number of rotatable bonds is 6. The molecule has 2 aromatic rings. The molecule has 0 aliphatic rings. The van der Waals surface area contributed by atoms with E-state index in [0.29, 0.717) is 17.7 Å². The molecule has 0 saturated carbocycles. The Morgan fingerprint density at radius 2 is 1.88 bits per heavy atom. The van der Waals surface area contributed by atoms with Gasteiger partial charge in [-0.1, -0.05) is 30.3 Å². The zero-order chi connectivity index (χ0) is 18.4. The molecule has 0 aliphatic heterocycles. The molecule has 2 aromatic carbocycles. The molecular weight excluding hydrogens is 333 g/mol. The highest BCUT2D eigenvalue weighted by atomic mass is 19.4. The third kappa shape index (κ3) is 6.02. The fourth-order valence-electron chi connectivity index (χ4n) is 2.40. The predicted octanol–water partition coefficient (Wildman–Crippen LogP) is 3.76. The zero-order valence-corrected chi connectivity index (χ0v) is 13.7. The Morgan fingerprint density at radius 3 is 2.56 bits per heavy atom. The lowest BCUT2D eigenvalue weighted by molar-refractivity contribution is -0.274. The lowest BCUT2D eigenvalue weighted by Gasteiger charge is -2.18. The number of benzene rings is 2. The average Bonchev–Trinajstić information content (AvgIpc) is 2.52. The summed E-state index contributed by atoms with van der Waals surface area (Å²) in [5.41, 5.74) is 7.92. The number of nitrogens with two attached hydrogens (primary N) is 1. The maximum Gasteiger partial charge on any atom is 0.573 e. The number of hydrogen-bond donors (Lipinski definition) is 1. The van der Waals surface area contributed by atoms with Gasteiger partial charge >= 0.3 is 6.36 Å². The first-order chi connectivity index (χ1) is 11.7. The molecule has 0 atom stereocenters. The third-order valence-electron chi connectivity index (χ3n) is 3.64. The normalized spacial score (nSPS) is 11.2. The van der Waals surface area contributed by atoms with Gasteiger partial charge < -0.3 is 15.4 Å². The van der Waals surface area contributed by atoms with E-state index in [4.69, 9.17) is 5.73 Å². The Morgan fingerprint density at radius 1 is 1.16 bits per heavy atom. The summed E-state index contributed by atoms with van der Waals surface area (Å²) in [6.07, 6.45) is -3.97. The number of carbonyl (C=O) groups excluding carboxylic acids is 1. The Balaban J connectivity index is 1.92. The van der Waals surface area contributed by atoms with E-state index in [-0.39, 0.29) is 24.6 Å². The summed E-state index contributed by atoms with van der Waals surface area (Å²) in [5, 5.41) is 0. The van der Waals surface area contributed by atoms with Gasteiger partial charge in [-0.25, -0.2) is 0 Å². The van der Waals surface area contributed by atoms with E-state index in [9.17, 15) is 18.0 Å². The van der Waals surface area contributed by atoms with Crippen molar-refractivity contribution < 1.29 is 22.7 Å². The molecule has 1 amide bonds. The van der Waals surface area contributed by atoms with Crippen LogP contribution in [0.4, 0.5) is 18.9 Å². The van der Waals surface area contributed by atoms with Gasteiger partial charge in [-0.2, -0.15) is 0 Å². The fraction of sp³-hybridized carbons (Fsp3) is 0.278. The number of alkyl halides is 3. The molecule has 0 spiro atoms. The van der Waals surface area contributed by atoms with Crippen molar-refractivity contribution >= 4 is 11.6 Å². The highest BCUT2D eigenvalue weighted by Crippen LogP contribution is 2.23. The molecule has 0 saturated heterocycles. The maximum atomic E-state index is 12.3. The summed E-state index contributed by atoms with van der Waals surface area (Å²) in [5.74, 6) is -0.423. The number of nitrogens with zero attached hydrogens (tertiary/aromatic N) is 1. The van der Waals surface area contributed by atoms with Crippen molar-refractivity contribution in [3.8, 4) is 5.75 Å². The van der Waals surface area contributed by atoms with Crippen LogP contribution in [0.1, 0.15) is 17.5 Å². The van der Waals surface area contributed by atoms with Crippen molar-refractivity contribution in [2.24, 2.45) is 0 Å². The zero-order valence-electron chi connectivity index (χ0n) is 13.7. The fourth-order valence-corrected chi connectivity index (χ4v) is 2.40. The minimum absolute atomic E-state index is 0.120. The van der Waals surface area contributed by atoms with Gasteiger partial charge in [0, 0.05) is 25.7 Å². The number of amides is 1. The van der Waals surface area contributed by atoms with Crippen molar-refractivity contribution in [2.75, 3.05) is 12.8 Å². The van der Waals surface area contributed by atoms with Crippen LogP contribution in [0.15, 0.2) is 48.5 Å². The van der Waals surface area contributed by atoms with Crippen molar-refractivity contribution in [2.45, 2.75) is 25.7 Å². The van der Waals surface area contributed by atoms with Crippen molar-refractivity contribution in [1.29, 1.82) is 0 Å². The van der Waals surface area contributed by atoms with Gasteiger partial charge in [0.15, 0.2) is 0 Å². The summed E-state index contributed by atoms with van der Waals surface area (Å²) >= 11 is 0. The van der Waals surface area contributed by atoms with E-state index >= 15 is 0 Å². The molecule has 2 N–H and O–H groups in total. The van der Waals surface area contributed by atoms with E-state index in [0.717, 1.165) is 5.56 Å². The van der Waals surface area contributed by atoms with Crippen molar-refractivity contribution in [3.05, 3.63) is 59.7 Å². The molecule has 0 unspecified atom stereocenters. The minimum Gasteiger partial charge on any atom is -0.406 e. The van der Waals surface area contributed by atoms with Gasteiger partial charge in [0.2, 0.25) is 5.91 Å². The molecule has 0 bridgehead atoms. The standard InChI is InChI=1S/C18H19F3N2O2/c1-23(17(24)10-9-14-6-2-3-8-16(14)22)12-13-5-4-7-15(11-13)25-18(19,20)21/h2-8,11H,9-10,12,22H2,1H3. The molecule has 0 radical (unpaired) electrons. The smallest absolute Gasteiger partial charge is 0.406 e. The lowest BCUT2D eigenvalue weighted by Crippen LogP contribution is -2.26. The Kier molecular flexibility index (Phi) is 5.90. The second-order valence-corrected chi connectivity index (χ2v) is 5.64. The molecule has 7 heteroatoms. The molecule has 2 rings (SSSR count). The van der Waals surface area contributed by atoms with Crippen LogP contribution in [0, 0.1) is 0 Å². The summed E-state index contributed by atoms with van der Waals surface area (Å²) in [6, 6.07) is 12.9. The molecule has 0 heterocycles. The van der Waals surface area contributed by atoms with E-state index in [1.54, 1.807) is 19.2 Å². The summed E-state index contributed by atoms with van der Waals surface area (Å²) in [6.45, 7) is 0.193. The summed E-state index contributed by atoms with van der Waals surface area (Å²) in [4.78, 5) is 13.7. The van der Waals surface area contributed by atoms with E-state index in [1.807, 2.05) is 18.2 Å². The highest BCUT2D eigenvalue weighted by Gasteiger charge is 2.31. The van der Waals surface area contributed by atoms with Gasteiger partial charge in [-0.3, -0.25) is 4.79 Å². The van der Waals surface area contributed by atoms with Crippen LogP contribution >= 0.6 is 0 Å². The summed E-state index contributed by atoms with van der Waals surface area (Å²) < 4.78 is 40.7. The van der Waals surface area contributed by atoms with E-state index in [2.05, 4.69) is 4.74 Å². The van der Waals surface area contributed by atoms with Crippen LogP contribution in [-0.4, -0.2) is 24.2 Å². The molecule has 0 aromatic heterocycles. The largest absolute Gasteiger partial charge is 0.573 e.